The second-order valence-corrected chi connectivity index (χ2v) is 30.1. The van der Waals surface area contributed by atoms with Crippen molar-refractivity contribution in [3.8, 4) is 0 Å². The summed E-state index contributed by atoms with van der Waals surface area (Å²) in [5, 5.41) is 7.32. The average molecular weight is 1500 g/mol. The minimum Gasteiger partial charge on any atom is -0.343 e. The highest BCUT2D eigenvalue weighted by Gasteiger charge is 2.45. The lowest BCUT2D eigenvalue weighted by Gasteiger charge is -2.40. The second kappa shape index (κ2) is 38.5. The molecule has 3 aliphatic heterocycles. The summed E-state index contributed by atoms with van der Waals surface area (Å²) in [6.07, 6.45) is -1.80. The molecule has 0 bridgehead atoms. The van der Waals surface area contributed by atoms with Crippen molar-refractivity contribution in [2.75, 3.05) is 102 Å². The first-order valence-electron chi connectivity index (χ1n) is 36.3. The number of carbonyl (C=O) groups is 13. The molecule has 3 saturated heterocycles. The van der Waals surface area contributed by atoms with Crippen LogP contribution in [-0.4, -0.2) is 282 Å². The fourth-order valence-electron chi connectivity index (χ4n) is 14.0. The Hall–Kier alpha value is -7.73. The number of halogens is 6. The van der Waals surface area contributed by atoms with E-state index in [0.29, 0.717) is 45.2 Å². The van der Waals surface area contributed by atoms with Crippen molar-refractivity contribution in [2.24, 2.45) is 23.7 Å². The van der Waals surface area contributed by atoms with Gasteiger partial charge in [0.15, 0.2) is 0 Å². The van der Waals surface area contributed by atoms with Crippen molar-refractivity contribution in [3.63, 3.8) is 0 Å². The number of aryl methyl sites for hydroxylation is 1. The molecule has 9 atom stereocenters. The number of hydrogen-bond acceptors (Lipinski definition) is 13. The molecule has 4 aliphatic rings. The number of alkyl halides is 5. The van der Waals surface area contributed by atoms with Gasteiger partial charge in [0.05, 0.1) is 43.1 Å². The molecule has 1 aromatic carbocycles. The largest absolute Gasteiger partial charge is 0.417 e. The van der Waals surface area contributed by atoms with Crippen LogP contribution in [0.1, 0.15) is 162 Å². The van der Waals surface area contributed by atoms with Crippen LogP contribution < -0.4 is 16.0 Å². The van der Waals surface area contributed by atoms with Crippen LogP contribution in [-0.2, 0) is 74.9 Å². The van der Waals surface area contributed by atoms with E-state index in [-0.39, 0.29) is 36.7 Å². The first kappa shape index (κ1) is 86.9. The molecule has 1 aliphatic carbocycles. The number of rotatable bonds is 13. The number of likely N-dealkylation sites (tertiary alicyclic amines) is 2. The third kappa shape index (κ3) is 23.6. The van der Waals surface area contributed by atoms with Crippen LogP contribution in [0.5, 0.6) is 0 Å². The summed E-state index contributed by atoms with van der Waals surface area (Å²) in [6, 6.07) is -8.97. The third-order valence-corrected chi connectivity index (χ3v) is 21.2. The van der Waals surface area contributed by atoms with Crippen LogP contribution in [0.2, 0.25) is 5.02 Å². The summed E-state index contributed by atoms with van der Waals surface area (Å²) in [6.45, 7) is 9.45. The standard InChI is InChI=1S/C72H111ClF5N13O13/c1-16-45(6)61-69(103)84(10)41-59(95)82(8)42-60(96)86(12)54(37-47-23-19-17-20-24-47)67(101)83(9)40-56(92)80-51(28-26-48-25-27-49(50(73)36-48)72(76,77)78)66(100)87(13)53(38-58(94)90-33-29-71(74,75)30-34-90)63(97)79-46(7)65(99)89(15)62(44(4)5)70(104)88(14)55(68(102)91-31-21-18-22-32-91)39-57(93)85(11)52(35-43(2)3)64(98)81-61/h25,27,36,43-47,51-55,61-62H,16-24,26,28-35,37-42H2,1-15H3,(H,79,97)(H,80,92)(H,81,98)/t45-,46-,51-,52-,53-,54-,55-,61-,62+/m0/s1. The van der Waals surface area contributed by atoms with Gasteiger partial charge in [0.25, 0.3) is 5.92 Å². The second-order valence-electron chi connectivity index (χ2n) is 29.7. The van der Waals surface area contributed by atoms with Crippen LogP contribution in [0.15, 0.2) is 18.2 Å². The van der Waals surface area contributed by atoms with E-state index in [2.05, 4.69) is 16.0 Å². The van der Waals surface area contributed by atoms with Gasteiger partial charge in [-0.05, 0) is 93.2 Å². The fraction of sp³-hybridized carbons (Fsp3) is 0.736. The van der Waals surface area contributed by atoms with Gasteiger partial charge in [-0.3, -0.25) is 62.3 Å². The molecule has 104 heavy (non-hydrogen) atoms. The van der Waals surface area contributed by atoms with Crippen molar-refractivity contribution in [1.82, 2.24) is 64.9 Å². The average Bonchev–Trinajstić information content (AvgIpc) is 0.805. The van der Waals surface area contributed by atoms with Crippen LogP contribution in [0, 0.1) is 23.7 Å². The predicted molar refractivity (Wildman–Crippen MR) is 377 cm³/mol. The number of nitrogens with one attached hydrogen (secondary N) is 3. The number of amides is 13. The van der Waals surface area contributed by atoms with E-state index in [1.54, 1.807) is 32.6 Å². The van der Waals surface area contributed by atoms with Crippen molar-refractivity contribution in [2.45, 2.75) is 218 Å². The van der Waals surface area contributed by atoms with E-state index in [1.165, 1.54) is 66.1 Å². The molecule has 0 spiro atoms. The van der Waals surface area contributed by atoms with Crippen molar-refractivity contribution in [1.29, 1.82) is 0 Å². The SMILES string of the molecule is CC[C@H](C)[C@@H]1NC(=O)[C@H](CC(C)C)N(C)C(=O)C[C@@H](C(=O)N2CCCCC2)N(C)C(=O)[C@@H](C(C)C)N(C)C(=O)[C@H](C)NC(=O)[C@H](CC(=O)N2CCC(F)(F)CC2)N(C)C(=O)[C@H](CCc2ccc(C(F)(F)F)c(Cl)c2)NC(=O)CN(C)C(=O)[C@H](CC2CCCCC2)N(C)C(=O)CN(C)C(=O)CN(C)C1=O. The quantitative estimate of drug-likeness (QED) is 0.218. The van der Waals surface area contributed by atoms with E-state index in [4.69, 9.17) is 11.6 Å². The Morgan fingerprint density at radius 3 is 1.74 bits per heavy atom. The maximum absolute atomic E-state index is 15.3. The third-order valence-electron chi connectivity index (χ3n) is 20.9. The zero-order valence-corrected chi connectivity index (χ0v) is 63.9. The summed E-state index contributed by atoms with van der Waals surface area (Å²) in [5.74, 6) is -15.3. The fourth-order valence-corrected chi connectivity index (χ4v) is 14.3. The maximum Gasteiger partial charge on any atom is 0.417 e. The molecular weight excluding hydrogens is 1390 g/mol. The summed E-state index contributed by atoms with van der Waals surface area (Å²) >= 11 is 6.12. The highest BCUT2D eigenvalue weighted by atomic mass is 35.5. The van der Waals surface area contributed by atoms with Gasteiger partial charge < -0.3 is 64.9 Å². The van der Waals surface area contributed by atoms with Gasteiger partial charge in [0.1, 0.15) is 48.3 Å². The topological polar surface area (TPSA) is 290 Å². The van der Waals surface area contributed by atoms with Crippen LogP contribution in [0.3, 0.4) is 0 Å². The molecule has 0 aromatic heterocycles. The number of piperidine rings is 2. The molecule has 32 heteroatoms. The lowest BCUT2D eigenvalue weighted by molar-refractivity contribution is -0.155. The molecular formula is C72H111ClF5N13O13. The smallest absolute Gasteiger partial charge is 0.343 e. The Bertz CT molecular complexity index is 3230. The van der Waals surface area contributed by atoms with Gasteiger partial charge in [0, 0.05) is 95.4 Å². The molecule has 3 heterocycles. The summed E-state index contributed by atoms with van der Waals surface area (Å²) < 4.78 is 70.8. The Morgan fingerprint density at radius 1 is 0.606 bits per heavy atom. The van der Waals surface area contributed by atoms with Gasteiger partial charge in [0.2, 0.25) is 76.8 Å². The molecule has 584 valence electrons. The van der Waals surface area contributed by atoms with E-state index in [9.17, 15) is 69.9 Å². The molecule has 1 saturated carbocycles. The normalized spacial score (nSPS) is 25.8. The first-order valence-corrected chi connectivity index (χ1v) is 36.6. The Kier molecular flexibility index (Phi) is 32.2. The lowest BCUT2D eigenvalue weighted by Crippen LogP contribution is -2.61. The zero-order valence-electron chi connectivity index (χ0n) is 63.2. The minimum absolute atomic E-state index is 0.0535. The summed E-state index contributed by atoms with van der Waals surface area (Å²) in [7, 11) is 10.4. The number of carbonyl (C=O) groups excluding carboxylic acids is 13. The van der Waals surface area contributed by atoms with Gasteiger partial charge >= 0.3 is 6.18 Å². The molecule has 1 aromatic rings. The first-order chi connectivity index (χ1) is 48.5. The minimum atomic E-state index is -4.84. The van der Waals surface area contributed by atoms with Gasteiger partial charge in [-0.25, -0.2) is 8.78 Å². The molecule has 26 nitrogen and oxygen atoms in total. The van der Waals surface area contributed by atoms with Crippen LogP contribution in [0.4, 0.5) is 22.0 Å². The highest BCUT2D eigenvalue weighted by Crippen LogP contribution is 2.36. The zero-order chi connectivity index (χ0) is 78.2. The number of nitrogens with zero attached hydrogens (tertiary/aromatic N) is 10. The van der Waals surface area contributed by atoms with Crippen molar-refractivity contribution in [3.05, 3.63) is 34.3 Å². The Balaban J connectivity index is 1.65. The van der Waals surface area contributed by atoms with Gasteiger partial charge in [-0.1, -0.05) is 97.7 Å². The summed E-state index contributed by atoms with van der Waals surface area (Å²) in [4.78, 5) is 203. The predicted octanol–water partition coefficient (Wildman–Crippen LogP) is 5.06. The van der Waals surface area contributed by atoms with E-state index in [1.807, 2.05) is 13.8 Å². The summed E-state index contributed by atoms with van der Waals surface area (Å²) in [5.41, 5.74) is -0.996. The molecule has 0 unspecified atom stereocenters. The van der Waals surface area contributed by atoms with Crippen molar-refractivity contribution < 1.29 is 84.3 Å². The Morgan fingerprint density at radius 2 is 1.17 bits per heavy atom. The molecule has 13 amide bonds. The van der Waals surface area contributed by atoms with E-state index in [0.717, 1.165) is 85.2 Å². The van der Waals surface area contributed by atoms with Crippen LogP contribution >= 0.6 is 11.6 Å². The van der Waals surface area contributed by atoms with Crippen molar-refractivity contribution >= 4 is 88.4 Å². The Labute approximate surface area is 613 Å². The van der Waals surface area contributed by atoms with Gasteiger partial charge in [-0.2, -0.15) is 13.2 Å². The number of benzene rings is 1. The molecule has 3 N–H and O–H groups in total. The molecule has 4 fully saturated rings. The molecule has 5 rings (SSSR count). The van der Waals surface area contributed by atoms with E-state index < -0.39 is 224 Å². The highest BCUT2D eigenvalue weighted by molar-refractivity contribution is 6.31. The maximum atomic E-state index is 15.3. The lowest BCUT2D eigenvalue weighted by atomic mass is 9.84. The van der Waals surface area contributed by atoms with Gasteiger partial charge in [-0.15, -0.1) is 0 Å². The number of hydrogen-bond donors (Lipinski definition) is 3. The van der Waals surface area contributed by atoms with E-state index >= 15 is 14.4 Å². The monoisotopic (exact) mass is 1500 g/mol. The van der Waals surface area contributed by atoms with Crippen LogP contribution in [0.25, 0.3) is 0 Å². The number of likely N-dealkylation sites (N-methyl/N-ethyl adjacent to an activating group) is 8. The molecule has 0 radical (unpaired) electrons.